The van der Waals surface area contributed by atoms with Gasteiger partial charge in [0.1, 0.15) is 0 Å². The maximum absolute atomic E-state index is 5.40. The molecule has 2 rings (SSSR count). The molecular weight excluding hydrogens is 240 g/mol. The average Bonchev–Trinajstić information content (AvgIpc) is 2.75. The van der Waals surface area contributed by atoms with E-state index in [2.05, 4.69) is 58.4 Å². The van der Waals surface area contributed by atoms with Crippen LogP contribution in [0.5, 0.6) is 0 Å². The minimum absolute atomic E-state index is 0.608. The largest absolute Gasteiger partial charge is 0.424 e. The molecular formula is C14H20N4O. The van der Waals surface area contributed by atoms with Crippen LogP contribution < -0.4 is 4.90 Å². The Balaban J connectivity index is 2.04. The van der Waals surface area contributed by atoms with Crippen molar-refractivity contribution in [2.45, 2.75) is 20.0 Å². The van der Waals surface area contributed by atoms with Crippen LogP contribution in [0.2, 0.25) is 0 Å². The van der Waals surface area contributed by atoms with Gasteiger partial charge in [0.15, 0.2) is 0 Å². The predicted molar refractivity (Wildman–Crippen MR) is 75.0 cm³/mol. The summed E-state index contributed by atoms with van der Waals surface area (Å²) in [5.41, 5.74) is 2.52. The summed E-state index contributed by atoms with van der Waals surface area (Å²) in [6.07, 6.45) is 0. The van der Waals surface area contributed by atoms with Gasteiger partial charge in [-0.25, -0.2) is 0 Å². The first-order valence-electron chi connectivity index (χ1n) is 6.29. The molecule has 0 saturated heterocycles. The lowest BCUT2D eigenvalue weighted by Crippen LogP contribution is -2.20. The number of hydrogen-bond acceptors (Lipinski definition) is 5. The molecule has 0 atom stereocenters. The molecule has 2 aromatic rings. The number of nitrogens with zero attached hydrogens (tertiary/aromatic N) is 4. The molecule has 1 aromatic heterocycles. The van der Waals surface area contributed by atoms with Gasteiger partial charge >= 0.3 is 0 Å². The van der Waals surface area contributed by atoms with Crippen molar-refractivity contribution >= 4 is 5.69 Å². The zero-order valence-corrected chi connectivity index (χ0v) is 11.9. The van der Waals surface area contributed by atoms with Crippen LogP contribution in [0.4, 0.5) is 5.69 Å². The first-order chi connectivity index (χ1) is 9.06. The zero-order valence-electron chi connectivity index (χ0n) is 11.9. The molecule has 0 radical (unpaired) electrons. The van der Waals surface area contributed by atoms with E-state index in [-0.39, 0.29) is 0 Å². The molecule has 0 spiro atoms. The topological polar surface area (TPSA) is 45.4 Å². The fourth-order valence-electron chi connectivity index (χ4n) is 2.06. The second-order valence-corrected chi connectivity index (χ2v) is 4.91. The minimum atomic E-state index is 0.608. The van der Waals surface area contributed by atoms with E-state index >= 15 is 0 Å². The summed E-state index contributed by atoms with van der Waals surface area (Å²) in [6.45, 7) is 3.30. The number of benzene rings is 1. The van der Waals surface area contributed by atoms with Crippen LogP contribution in [0.3, 0.4) is 0 Å². The number of rotatable bonds is 5. The molecule has 102 valence electrons. The Labute approximate surface area is 113 Å². The van der Waals surface area contributed by atoms with E-state index < -0.39 is 0 Å². The fourth-order valence-corrected chi connectivity index (χ4v) is 2.06. The monoisotopic (exact) mass is 260 g/mol. The van der Waals surface area contributed by atoms with Crippen LogP contribution in [0.15, 0.2) is 28.7 Å². The van der Waals surface area contributed by atoms with E-state index in [0.29, 0.717) is 18.3 Å². The SMILES string of the molecule is Cc1nnc(CN(C)Cc2ccccc2N(C)C)o1. The number of hydrogen-bond donors (Lipinski definition) is 0. The zero-order chi connectivity index (χ0) is 13.8. The molecule has 0 saturated carbocycles. The second-order valence-electron chi connectivity index (χ2n) is 4.91. The summed E-state index contributed by atoms with van der Waals surface area (Å²) in [5.74, 6) is 1.26. The van der Waals surface area contributed by atoms with Gasteiger partial charge in [0.25, 0.3) is 0 Å². The number of aryl methyl sites for hydroxylation is 1. The van der Waals surface area contributed by atoms with Crippen LogP contribution in [0.1, 0.15) is 17.3 Å². The van der Waals surface area contributed by atoms with Crippen LogP contribution >= 0.6 is 0 Å². The normalized spacial score (nSPS) is 11.0. The molecule has 0 amide bonds. The van der Waals surface area contributed by atoms with E-state index in [1.807, 2.05) is 7.05 Å². The highest BCUT2D eigenvalue weighted by Crippen LogP contribution is 2.19. The Morgan fingerprint density at radius 1 is 1.05 bits per heavy atom. The summed E-state index contributed by atoms with van der Waals surface area (Å²) in [6, 6.07) is 8.39. The van der Waals surface area contributed by atoms with E-state index in [9.17, 15) is 0 Å². The lowest BCUT2D eigenvalue weighted by atomic mass is 10.1. The first-order valence-corrected chi connectivity index (χ1v) is 6.29. The van der Waals surface area contributed by atoms with Gasteiger partial charge in [0.05, 0.1) is 6.54 Å². The lowest BCUT2D eigenvalue weighted by molar-refractivity contribution is 0.279. The minimum Gasteiger partial charge on any atom is -0.424 e. The molecule has 5 nitrogen and oxygen atoms in total. The van der Waals surface area contributed by atoms with Crippen molar-refractivity contribution in [1.82, 2.24) is 15.1 Å². The fraction of sp³-hybridized carbons (Fsp3) is 0.429. The van der Waals surface area contributed by atoms with Crippen molar-refractivity contribution in [3.8, 4) is 0 Å². The van der Waals surface area contributed by atoms with E-state index in [0.717, 1.165) is 6.54 Å². The van der Waals surface area contributed by atoms with Crippen molar-refractivity contribution in [1.29, 1.82) is 0 Å². The summed E-state index contributed by atoms with van der Waals surface area (Å²) < 4.78 is 5.40. The number of para-hydroxylation sites is 1. The number of anilines is 1. The summed E-state index contributed by atoms with van der Waals surface area (Å²) in [4.78, 5) is 4.29. The van der Waals surface area contributed by atoms with Gasteiger partial charge in [-0.15, -0.1) is 10.2 Å². The maximum atomic E-state index is 5.40. The third kappa shape index (κ3) is 3.54. The van der Waals surface area contributed by atoms with Crippen molar-refractivity contribution in [3.63, 3.8) is 0 Å². The quantitative estimate of drug-likeness (QED) is 0.823. The van der Waals surface area contributed by atoms with Crippen molar-refractivity contribution in [3.05, 3.63) is 41.6 Å². The summed E-state index contributed by atoms with van der Waals surface area (Å²) >= 11 is 0. The Morgan fingerprint density at radius 2 is 1.79 bits per heavy atom. The van der Waals surface area contributed by atoms with Gasteiger partial charge in [0.2, 0.25) is 11.8 Å². The van der Waals surface area contributed by atoms with Gasteiger partial charge in [-0.05, 0) is 18.7 Å². The third-order valence-electron chi connectivity index (χ3n) is 2.89. The molecule has 0 unspecified atom stereocenters. The molecule has 1 heterocycles. The number of aromatic nitrogens is 2. The van der Waals surface area contributed by atoms with Crippen molar-refractivity contribution in [2.24, 2.45) is 0 Å². The predicted octanol–water partition coefficient (Wildman–Crippen LogP) is 2.08. The van der Waals surface area contributed by atoms with Gasteiger partial charge in [-0.1, -0.05) is 18.2 Å². The smallest absolute Gasteiger partial charge is 0.230 e. The Kier molecular flexibility index (Phi) is 4.16. The van der Waals surface area contributed by atoms with Crippen LogP contribution in [-0.4, -0.2) is 36.2 Å². The first kappa shape index (κ1) is 13.5. The molecule has 0 fully saturated rings. The standard InChI is InChI=1S/C14H20N4O/c1-11-15-16-14(19-11)10-18(4)9-12-7-5-6-8-13(12)17(2)3/h5-8H,9-10H2,1-4H3. The molecule has 0 aliphatic heterocycles. The highest BCUT2D eigenvalue weighted by Gasteiger charge is 2.10. The molecule has 0 N–H and O–H groups in total. The lowest BCUT2D eigenvalue weighted by Gasteiger charge is -2.21. The Hall–Kier alpha value is -1.88. The van der Waals surface area contributed by atoms with Gasteiger partial charge in [0, 0.05) is 33.3 Å². The van der Waals surface area contributed by atoms with Gasteiger partial charge < -0.3 is 9.32 Å². The van der Waals surface area contributed by atoms with Crippen LogP contribution in [-0.2, 0) is 13.1 Å². The Morgan fingerprint density at radius 3 is 2.42 bits per heavy atom. The third-order valence-corrected chi connectivity index (χ3v) is 2.89. The second kappa shape index (κ2) is 5.84. The summed E-state index contributed by atoms with van der Waals surface area (Å²) in [7, 11) is 6.16. The maximum Gasteiger partial charge on any atom is 0.230 e. The van der Waals surface area contributed by atoms with Crippen LogP contribution in [0, 0.1) is 6.92 Å². The molecule has 5 heteroatoms. The van der Waals surface area contributed by atoms with E-state index in [1.54, 1.807) is 6.92 Å². The highest BCUT2D eigenvalue weighted by atomic mass is 16.4. The molecule has 0 aliphatic carbocycles. The van der Waals surface area contributed by atoms with Gasteiger partial charge in [-0.3, -0.25) is 4.90 Å². The van der Waals surface area contributed by atoms with Crippen molar-refractivity contribution in [2.75, 3.05) is 26.0 Å². The van der Waals surface area contributed by atoms with Crippen LogP contribution in [0.25, 0.3) is 0 Å². The highest BCUT2D eigenvalue weighted by molar-refractivity contribution is 5.52. The molecule has 0 aliphatic rings. The van der Waals surface area contributed by atoms with E-state index in [1.165, 1.54) is 11.3 Å². The average molecular weight is 260 g/mol. The van der Waals surface area contributed by atoms with Gasteiger partial charge in [-0.2, -0.15) is 0 Å². The Bertz CT molecular complexity index is 536. The van der Waals surface area contributed by atoms with Crippen molar-refractivity contribution < 1.29 is 4.42 Å². The molecule has 0 bridgehead atoms. The summed E-state index contributed by atoms with van der Waals surface area (Å²) in [5, 5.41) is 7.86. The molecule has 1 aromatic carbocycles. The molecule has 19 heavy (non-hydrogen) atoms. The van der Waals surface area contributed by atoms with E-state index in [4.69, 9.17) is 4.42 Å².